The third-order valence-corrected chi connectivity index (χ3v) is 6.62. The van der Waals surface area contributed by atoms with Crippen LogP contribution in [0.5, 0.6) is 0 Å². The maximum atomic E-state index is 13.7. The first-order valence-electron chi connectivity index (χ1n) is 10.6. The van der Waals surface area contributed by atoms with Crippen molar-refractivity contribution in [1.82, 2.24) is 15.0 Å². The van der Waals surface area contributed by atoms with E-state index in [-0.39, 0.29) is 36.2 Å². The minimum Gasteiger partial charge on any atom is -0.364 e. The molecule has 10 nitrogen and oxygen atoms in total. The van der Waals surface area contributed by atoms with Crippen LogP contribution in [0.15, 0.2) is 36.7 Å². The summed E-state index contributed by atoms with van der Waals surface area (Å²) in [6.45, 7) is 1.48. The molecule has 0 aliphatic carbocycles. The Hall–Kier alpha value is -3.94. The average molecular weight is 522 g/mol. The summed E-state index contributed by atoms with van der Waals surface area (Å²) in [5, 5.41) is 8.16. The molecule has 0 saturated heterocycles. The monoisotopic (exact) mass is 521 g/mol. The summed E-state index contributed by atoms with van der Waals surface area (Å²) < 4.78 is 66.0. The first-order valence-corrected chi connectivity index (χ1v) is 12.4. The van der Waals surface area contributed by atoms with Crippen LogP contribution >= 0.6 is 0 Å². The van der Waals surface area contributed by atoms with Gasteiger partial charge in [0.15, 0.2) is 0 Å². The third kappa shape index (κ3) is 5.48. The van der Waals surface area contributed by atoms with Gasteiger partial charge in [-0.15, -0.1) is 0 Å². The normalized spacial score (nSPS) is 13.2. The van der Waals surface area contributed by atoms with Gasteiger partial charge >= 0.3 is 6.18 Å². The number of benzene rings is 1. The fourth-order valence-corrected chi connectivity index (χ4v) is 4.06. The maximum absolute atomic E-state index is 13.7. The Kier molecular flexibility index (Phi) is 6.47. The largest absolute Gasteiger partial charge is 0.421 e. The molecule has 0 unspecified atom stereocenters. The molecule has 190 valence electrons. The molecule has 0 atom stereocenters. The second-order valence-electron chi connectivity index (χ2n) is 8.24. The summed E-state index contributed by atoms with van der Waals surface area (Å²) in [5.74, 6) is -0.769. The van der Waals surface area contributed by atoms with Gasteiger partial charge in [-0.25, -0.2) is 13.4 Å². The van der Waals surface area contributed by atoms with Gasteiger partial charge in [0.05, 0.1) is 30.6 Å². The number of nitrogens with zero attached hydrogens (tertiary/aromatic N) is 4. The maximum Gasteiger partial charge on any atom is 0.421 e. The standard InChI is InChI=1S/C22H22F3N7O3S/c1-12-6-18(32(2)36(3,34)35)17(26-9-12)11-27-20-15(22(23,24)25)10-28-21(31-20)29-14-5-4-13-7-19(33)30-16(13)8-14/h4-6,8-10H,7,11H2,1-3H3,(H,30,33)(H2,27,28,29,31). The molecule has 3 heterocycles. The van der Waals surface area contributed by atoms with E-state index in [0.29, 0.717) is 23.1 Å². The van der Waals surface area contributed by atoms with Crippen LogP contribution < -0.4 is 20.3 Å². The minimum atomic E-state index is -4.74. The number of halogens is 3. The summed E-state index contributed by atoms with van der Waals surface area (Å²) >= 11 is 0. The highest BCUT2D eigenvalue weighted by molar-refractivity contribution is 7.92. The first kappa shape index (κ1) is 25.2. The molecule has 1 aliphatic rings. The topological polar surface area (TPSA) is 129 Å². The van der Waals surface area contributed by atoms with Gasteiger partial charge in [-0.2, -0.15) is 18.2 Å². The molecule has 1 amide bonds. The van der Waals surface area contributed by atoms with Crippen LogP contribution in [-0.4, -0.2) is 42.6 Å². The van der Waals surface area contributed by atoms with Crippen LogP contribution in [-0.2, 0) is 34.0 Å². The number of carbonyl (C=O) groups is 1. The van der Waals surface area contributed by atoms with Gasteiger partial charge in [0, 0.05) is 30.8 Å². The predicted molar refractivity (Wildman–Crippen MR) is 129 cm³/mol. The number of rotatable bonds is 7. The minimum absolute atomic E-state index is 0.111. The van der Waals surface area contributed by atoms with Crippen molar-refractivity contribution in [3.05, 3.63) is 59.0 Å². The number of sulfonamides is 1. The van der Waals surface area contributed by atoms with Crippen molar-refractivity contribution < 1.29 is 26.4 Å². The fourth-order valence-electron chi connectivity index (χ4n) is 3.54. The van der Waals surface area contributed by atoms with Gasteiger partial charge in [-0.05, 0) is 36.2 Å². The lowest BCUT2D eigenvalue weighted by Crippen LogP contribution is -2.27. The number of fused-ring (bicyclic) bond motifs is 1. The molecule has 2 aromatic heterocycles. The Morgan fingerprint density at radius 3 is 2.61 bits per heavy atom. The van der Waals surface area contributed by atoms with Crippen molar-refractivity contribution in [3.63, 3.8) is 0 Å². The summed E-state index contributed by atoms with van der Waals surface area (Å²) in [4.78, 5) is 23.5. The number of alkyl halides is 3. The van der Waals surface area contributed by atoms with E-state index < -0.39 is 27.6 Å². The van der Waals surface area contributed by atoms with E-state index in [9.17, 15) is 26.4 Å². The highest BCUT2D eigenvalue weighted by Gasteiger charge is 2.35. The van der Waals surface area contributed by atoms with E-state index in [0.717, 1.165) is 16.1 Å². The van der Waals surface area contributed by atoms with Gasteiger partial charge in [0.25, 0.3) is 0 Å². The molecule has 3 aromatic rings. The highest BCUT2D eigenvalue weighted by atomic mass is 32.2. The SMILES string of the molecule is Cc1cnc(CNc2nc(Nc3ccc4c(c3)NC(=O)C4)ncc2C(F)(F)F)c(N(C)S(C)(=O)=O)c1. The fraction of sp³-hybridized carbons (Fsp3) is 0.273. The molecular weight excluding hydrogens is 499 g/mol. The smallest absolute Gasteiger partial charge is 0.364 e. The molecule has 36 heavy (non-hydrogen) atoms. The van der Waals surface area contributed by atoms with Gasteiger partial charge in [0.2, 0.25) is 21.9 Å². The molecule has 3 N–H and O–H groups in total. The van der Waals surface area contributed by atoms with Gasteiger partial charge in [-0.3, -0.25) is 14.1 Å². The van der Waals surface area contributed by atoms with Crippen LogP contribution in [0.3, 0.4) is 0 Å². The zero-order valence-corrected chi connectivity index (χ0v) is 20.3. The van der Waals surface area contributed by atoms with Crippen molar-refractivity contribution in [1.29, 1.82) is 0 Å². The number of carbonyl (C=O) groups excluding carboxylic acids is 1. The average Bonchev–Trinajstić information content (AvgIpc) is 3.15. The molecule has 1 aliphatic heterocycles. The summed E-state index contributed by atoms with van der Waals surface area (Å²) in [7, 11) is -2.30. The lowest BCUT2D eigenvalue weighted by atomic mass is 10.1. The number of pyridine rings is 1. The molecule has 14 heteroatoms. The van der Waals surface area contributed by atoms with E-state index >= 15 is 0 Å². The molecule has 0 fully saturated rings. The highest BCUT2D eigenvalue weighted by Crippen LogP contribution is 2.35. The molecule has 0 saturated carbocycles. The van der Waals surface area contributed by atoms with Gasteiger partial charge in [-0.1, -0.05) is 6.07 Å². The number of aromatic nitrogens is 3. The second kappa shape index (κ2) is 9.26. The molecule has 0 spiro atoms. The number of hydrogen-bond acceptors (Lipinski definition) is 8. The molecular formula is C22H22F3N7O3S. The Morgan fingerprint density at radius 2 is 1.92 bits per heavy atom. The van der Waals surface area contributed by atoms with Crippen LogP contribution in [0.4, 0.5) is 42.0 Å². The van der Waals surface area contributed by atoms with Crippen molar-refractivity contribution in [2.45, 2.75) is 26.1 Å². The van der Waals surface area contributed by atoms with Crippen molar-refractivity contribution in [3.8, 4) is 0 Å². The summed E-state index contributed by atoms with van der Waals surface area (Å²) in [6.07, 6.45) is -1.34. The van der Waals surface area contributed by atoms with E-state index in [1.54, 1.807) is 31.2 Å². The van der Waals surface area contributed by atoms with Crippen molar-refractivity contribution in [2.75, 3.05) is 33.6 Å². The number of nitrogens with one attached hydrogen (secondary N) is 3. The first-order chi connectivity index (χ1) is 16.8. The lowest BCUT2D eigenvalue weighted by molar-refractivity contribution is -0.137. The van der Waals surface area contributed by atoms with E-state index in [1.807, 2.05) is 0 Å². The number of anilines is 5. The van der Waals surface area contributed by atoms with Crippen LogP contribution in [0.1, 0.15) is 22.4 Å². The van der Waals surface area contributed by atoms with E-state index in [2.05, 4.69) is 30.9 Å². The Labute approximate surface area is 205 Å². The third-order valence-electron chi connectivity index (χ3n) is 5.43. The Balaban J connectivity index is 1.63. The van der Waals surface area contributed by atoms with E-state index in [4.69, 9.17) is 0 Å². The molecule has 1 aromatic carbocycles. The molecule has 0 bridgehead atoms. The Bertz CT molecular complexity index is 1450. The zero-order chi connectivity index (χ0) is 26.3. The lowest BCUT2D eigenvalue weighted by Gasteiger charge is -2.21. The van der Waals surface area contributed by atoms with E-state index in [1.165, 1.54) is 13.2 Å². The van der Waals surface area contributed by atoms with Crippen LogP contribution in [0.25, 0.3) is 0 Å². The van der Waals surface area contributed by atoms with Crippen LogP contribution in [0.2, 0.25) is 0 Å². The van der Waals surface area contributed by atoms with Gasteiger partial charge < -0.3 is 16.0 Å². The van der Waals surface area contributed by atoms with Gasteiger partial charge in [0.1, 0.15) is 11.4 Å². The summed E-state index contributed by atoms with van der Waals surface area (Å²) in [6, 6.07) is 6.60. The summed E-state index contributed by atoms with van der Waals surface area (Å²) in [5.41, 5.74) is 1.90. The molecule has 4 rings (SSSR count). The number of hydrogen-bond donors (Lipinski definition) is 3. The number of aryl methyl sites for hydroxylation is 1. The second-order valence-corrected chi connectivity index (χ2v) is 10.3. The van der Waals surface area contributed by atoms with Crippen LogP contribution in [0, 0.1) is 6.92 Å². The quantitative estimate of drug-likeness (QED) is 0.431. The zero-order valence-electron chi connectivity index (χ0n) is 19.4. The Morgan fingerprint density at radius 1 is 1.17 bits per heavy atom. The predicted octanol–water partition coefficient (Wildman–Crippen LogP) is 3.44. The molecule has 0 radical (unpaired) electrons. The van der Waals surface area contributed by atoms with Crippen molar-refractivity contribution in [2.24, 2.45) is 0 Å². The number of amides is 1. The van der Waals surface area contributed by atoms with Crippen molar-refractivity contribution >= 4 is 44.8 Å².